The van der Waals surface area contributed by atoms with Crippen molar-refractivity contribution in [2.24, 2.45) is 0 Å². The molecule has 4 heteroatoms. The van der Waals surface area contributed by atoms with Gasteiger partial charge in [0.25, 0.3) is 0 Å². The number of anilines is 1. The first kappa shape index (κ1) is 15.9. The van der Waals surface area contributed by atoms with Gasteiger partial charge in [0.05, 0.1) is 6.61 Å². The first-order valence-electron chi connectivity index (χ1n) is 6.09. The fourth-order valence-electron chi connectivity index (χ4n) is 1.19. The van der Waals surface area contributed by atoms with Crippen LogP contribution < -0.4 is 5.32 Å². The highest BCUT2D eigenvalue weighted by Crippen LogP contribution is 2.53. The third-order valence-electron chi connectivity index (χ3n) is 3.13. The molecule has 1 N–H and O–H groups in total. The SMILES string of the molecule is CC(C)(C)S(C)(C)OCCNc1ccc(Br)cc1. The molecular formula is C14H24BrNOS. The van der Waals surface area contributed by atoms with Crippen molar-refractivity contribution < 1.29 is 4.18 Å². The molecule has 0 aliphatic carbocycles. The lowest BCUT2D eigenvalue weighted by Gasteiger charge is -2.43. The second kappa shape index (κ2) is 6.31. The van der Waals surface area contributed by atoms with Crippen LogP contribution in [0.3, 0.4) is 0 Å². The van der Waals surface area contributed by atoms with Crippen LogP contribution in [0.15, 0.2) is 28.7 Å². The van der Waals surface area contributed by atoms with Gasteiger partial charge in [0.2, 0.25) is 0 Å². The van der Waals surface area contributed by atoms with Crippen molar-refractivity contribution in [2.75, 3.05) is 31.0 Å². The van der Waals surface area contributed by atoms with Gasteiger partial charge in [0.1, 0.15) is 0 Å². The minimum atomic E-state index is -1.01. The molecule has 0 amide bonds. The van der Waals surface area contributed by atoms with Crippen LogP contribution in [0.2, 0.25) is 0 Å². The third-order valence-corrected chi connectivity index (χ3v) is 7.36. The summed E-state index contributed by atoms with van der Waals surface area (Å²) in [7, 11) is -1.01. The van der Waals surface area contributed by atoms with Gasteiger partial charge in [-0.15, -0.1) is 10.3 Å². The summed E-state index contributed by atoms with van der Waals surface area (Å²) in [6, 6.07) is 8.19. The summed E-state index contributed by atoms with van der Waals surface area (Å²) in [6.45, 7) is 8.31. The molecule has 0 spiro atoms. The van der Waals surface area contributed by atoms with E-state index in [-0.39, 0.29) is 4.75 Å². The van der Waals surface area contributed by atoms with E-state index in [9.17, 15) is 0 Å². The number of hydrogen-bond acceptors (Lipinski definition) is 2. The first-order valence-corrected chi connectivity index (χ1v) is 9.26. The van der Waals surface area contributed by atoms with Crippen LogP contribution in [0.1, 0.15) is 20.8 Å². The fourth-order valence-corrected chi connectivity index (χ4v) is 2.31. The molecule has 2 nitrogen and oxygen atoms in total. The van der Waals surface area contributed by atoms with E-state index in [1.807, 2.05) is 12.1 Å². The Balaban J connectivity index is 2.33. The Morgan fingerprint density at radius 2 is 1.72 bits per heavy atom. The second-order valence-electron chi connectivity index (χ2n) is 5.60. The maximum atomic E-state index is 6.05. The van der Waals surface area contributed by atoms with Crippen molar-refractivity contribution in [3.63, 3.8) is 0 Å². The van der Waals surface area contributed by atoms with Gasteiger partial charge in [0.15, 0.2) is 0 Å². The predicted octanol–water partition coefficient (Wildman–Crippen LogP) is 4.66. The molecule has 104 valence electrons. The van der Waals surface area contributed by atoms with E-state index in [1.165, 1.54) is 0 Å². The van der Waals surface area contributed by atoms with Crippen LogP contribution in [-0.2, 0) is 4.18 Å². The summed E-state index contributed by atoms with van der Waals surface area (Å²) in [6.07, 6.45) is 4.46. The van der Waals surface area contributed by atoms with E-state index in [2.05, 4.69) is 66.7 Å². The molecule has 0 bridgehead atoms. The standard InChI is InChI=1S/C14H24BrNOS/c1-14(2,3)18(4,5)17-11-10-16-13-8-6-12(15)7-9-13/h6-9,16H,10-11H2,1-5H3. The normalized spacial score (nSPS) is 13.4. The van der Waals surface area contributed by atoms with Crippen molar-refractivity contribution in [3.05, 3.63) is 28.7 Å². The van der Waals surface area contributed by atoms with Gasteiger partial charge in [-0.05, 0) is 36.8 Å². The second-order valence-corrected chi connectivity index (χ2v) is 10.4. The summed E-state index contributed by atoms with van der Waals surface area (Å²) in [5.41, 5.74) is 1.13. The largest absolute Gasteiger partial charge is 0.383 e. The molecule has 0 atom stereocenters. The highest BCUT2D eigenvalue weighted by molar-refractivity contribution is 9.10. The summed E-state index contributed by atoms with van der Waals surface area (Å²) in [5, 5.41) is 3.36. The molecule has 0 aliphatic rings. The smallest absolute Gasteiger partial charge is 0.0765 e. The molecule has 1 aromatic rings. The number of halogens is 1. The predicted molar refractivity (Wildman–Crippen MR) is 87.8 cm³/mol. The third kappa shape index (κ3) is 4.82. The Morgan fingerprint density at radius 1 is 1.17 bits per heavy atom. The zero-order valence-corrected chi connectivity index (χ0v) is 14.3. The van der Waals surface area contributed by atoms with E-state index >= 15 is 0 Å². The Labute approximate surface area is 121 Å². The van der Waals surface area contributed by atoms with Crippen LogP contribution in [-0.4, -0.2) is 30.4 Å². The number of hydrogen-bond donors (Lipinski definition) is 1. The lowest BCUT2D eigenvalue weighted by Crippen LogP contribution is -2.26. The zero-order chi connectivity index (χ0) is 13.8. The van der Waals surface area contributed by atoms with Crippen LogP contribution in [0, 0.1) is 0 Å². The lowest BCUT2D eigenvalue weighted by atomic mass is 10.3. The molecule has 0 fully saturated rings. The number of nitrogens with one attached hydrogen (secondary N) is 1. The Bertz CT molecular complexity index is 370. The van der Waals surface area contributed by atoms with Gasteiger partial charge in [0, 0.05) is 21.5 Å². The van der Waals surface area contributed by atoms with Crippen molar-refractivity contribution >= 4 is 31.9 Å². The average Bonchev–Trinajstić information content (AvgIpc) is 2.25. The quantitative estimate of drug-likeness (QED) is 0.791. The molecule has 18 heavy (non-hydrogen) atoms. The van der Waals surface area contributed by atoms with Gasteiger partial charge >= 0.3 is 0 Å². The van der Waals surface area contributed by atoms with Crippen molar-refractivity contribution in [1.29, 1.82) is 0 Å². The van der Waals surface area contributed by atoms with E-state index in [0.29, 0.717) is 0 Å². The highest BCUT2D eigenvalue weighted by atomic mass is 79.9. The fraction of sp³-hybridized carbons (Fsp3) is 0.571. The Hall–Kier alpha value is -0.190. The average molecular weight is 334 g/mol. The van der Waals surface area contributed by atoms with Crippen LogP contribution >= 0.6 is 26.2 Å². The molecular weight excluding hydrogens is 310 g/mol. The van der Waals surface area contributed by atoms with Gasteiger partial charge in [-0.2, -0.15) is 0 Å². The van der Waals surface area contributed by atoms with Crippen molar-refractivity contribution in [3.8, 4) is 0 Å². The van der Waals surface area contributed by atoms with Gasteiger partial charge in [-0.25, -0.2) is 0 Å². The molecule has 0 aromatic heterocycles. The maximum Gasteiger partial charge on any atom is 0.0765 e. The van der Waals surface area contributed by atoms with Crippen LogP contribution in [0.4, 0.5) is 5.69 Å². The molecule has 0 saturated heterocycles. The number of rotatable bonds is 5. The van der Waals surface area contributed by atoms with E-state index in [1.54, 1.807) is 0 Å². The van der Waals surface area contributed by atoms with Crippen molar-refractivity contribution in [2.45, 2.75) is 25.5 Å². The Morgan fingerprint density at radius 3 is 2.22 bits per heavy atom. The molecule has 0 radical (unpaired) electrons. The van der Waals surface area contributed by atoms with Gasteiger partial charge in [-0.3, -0.25) is 0 Å². The monoisotopic (exact) mass is 333 g/mol. The van der Waals surface area contributed by atoms with E-state index < -0.39 is 10.3 Å². The molecule has 1 aromatic carbocycles. The Kier molecular flexibility index (Phi) is 5.56. The van der Waals surface area contributed by atoms with Crippen molar-refractivity contribution in [1.82, 2.24) is 0 Å². The minimum absolute atomic E-state index is 0.227. The minimum Gasteiger partial charge on any atom is -0.383 e. The lowest BCUT2D eigenvalue weighted by molar-refractivity contribution is 0.366. The molecule has 0 aliphatic heterocycles. The van der Waals surface area contributed by atoms with Crippen LogP contribution in [0.25, 0.3) is 0 Å². The molecule has 0 saturated carbocycles. The van der Waals surface area contributed by atoms with E-state index in [0.717, 1.165) is 23.3 Å². The van der Waals surface area contributed by atoms with Gasteiger partial charge in [-0.1, -0.05) is 36.7 Å². The van der Waals surface area contributed by atoms with E-state index in [4.69, 9.17) is 4.18 Å². The maximum absolute atomic E-state index is 6.05. The summed E-state index contributed by atoms with van der Waals surface area (Å²) >= 11 is 3.43. The highest BCUT2D eigenvalue weighted by Gasteiger charge is 2.28. The van der Waals surface area contributed by atoms with Gasteiger partial charge < -0.3 is 9.50 Å². The summed E-state index contributed by atoms with van der Waals surface area (Å²) in [4.78, 5) is 0. The summed E-state index contributed by atoms with van der Waals surface area (Å²) < 4.78 is 7.38. The first-order chi connectivity index (χ1) is 8.22. The topological polar surface area (TPSA) is 21.3 Å². The molecule has 0 unspecified atom stereocenters. The van der Waals surface area contributed by atoms with Crippen LogP contribution in [0.5, 0.6) is 0 Å². The molecule has 1 rings (SSSR count). The molecule has 0 heterocycles. The zero-order valence-electron chi connectivity index (χ0n) is 11.9. The summed E-state index contributed by atoms with van der Waals surface area (Å²) in [5.74, 6) is 0. The number of benzene rings is 1.